The summed E-state index contributed by atoms with van der Waals surface area (Å²) in [5.74, 6) is 0.802. The molecule has 1 aliphatic carbocycles. The lowest BCUT2D eigenvalue weighted by Gasteiger charge is -2.24. The molecule has 0 unspecified atom stereocenters. The van der Waals surface area contributed by atoms with Crippen molar-refractivity contribution < 1.29 is 9.53 Å². The zero-order valence-electron chi connectivity index (χ0n) is 12.8. The van der Waals surface area contributed by atoms with Crippen molar-refractivity contribution in [1.82, 2.24) is 5.32 Å². The van der Waals surface area contributed by atoms with Gasteiger partial charge >= 0.3 is 0 Å². The van der Waals surface area contributed by atoms with Gasteiger partial charge < -0.3 is 10.1 Å². The van der Waals surface area contributed by atoms with Crippen molar-refractivity contribution in [2.75, 3.05) is 7.11 Å². The molecule has 0 saturated heterocycles. The molecule has 0 heterocycles. The first-order valence-electron chi connectivity index (χ1n) is 7.42. The number of hydrogen-bond donors (Lipinski definition) is 1. The van der Waals surface area contributed by atoms with Crippen LogP contribution in [0, 0.1) is 0 Å². The fraction of sp³-hybridized carbons (Fsp3) is 0.211. The number of ether oxygens (including phenoxy) is 1. The number of aryl methyl sites for hydroxylation is 1. The van der Waals surface area contributed by atoms with Gasteiger partial charge in [-0.1, -0.05) is 30.3 Å². The van der Waals surface area contributed by atoms with Crippen LogP contribution in [0.4, 0.5) is 0 Å². The van der Waals surface area contributed by atoms with E-state index in [0.717, 1.165) is 35.4 Å². The zero-order chi connectivity index (χ0) is 15.5. The van der Waals surface area contributed by atoms with E-state index in [2.05, 4.69) is 23.5 Å². The Morgan fingerprint density at radius 3 is 2.55 bits per heavy atom. The van der Waals surface area contributed by atoms with Crippen LogP contribution >= 0.6 is 0 Å². The Labute approximate surface area is 130 Å². The summed E-state index contributed by atoms with van der Waals surface area (Å²) in [4.78, 5) is 11.7. The summed E-state index contributed by atoms with van der Waals surface area (Å²) in [5.41, 5.74) is 5.56. The molecule has 22 heavy (non-hydrogen) atoms. The number of methoxy groups -OCH3 is 1. The molecule has 3 rings (SSSR count). The van der Waals surface area contributed by atoms with Gasteiger partial charge in [0.1, 0.15) is 5.75 Å². The fourth-order valence-electron chi connectivity index (χ4n) is 2.94. The van der Waals surface area contributed by atoms with E-state index >= 15 is 0 Å². The Hall–Kier alpha value is -2.55. The minimum atomic E-state index is -0.0490. The first-order valence-corrected chi connectivity index (χ1v) is 7.42. The molecule has 0 atom stereocenters. The van der Waals surface area contributed by atoms with Gasteiger partial charge in [-0.05, 0) is 47.7 Å². The third-order valence-electron chi connectivity index (χ3n) is 3.95. The van der Waals surface area contributed by atoms with Crippen LogP contribution < -0.4 is 10.1 Å². The predicted molar refractivity (Wildman–Crippen MR) is 88.4 cm³/mol. The second-order valence-corrected chi connectivity index (χ2v) is 5.42. The maximum absolute atomic E-state index is 11.7. The lowest BCUT2D eigenvalue weighted by atomic mass is 9.86. The van der Waals surface area contributed by atoms with Crippen LogP contribution in [0.2, 0.25) is 0 Å². The van der Waals surface area contributed by atoms with Gasteiger partial charge in [0.15, 0.2) is 0 Å². The fourth-order valence-corrected chi connectivity index (χ4v) is 2.94. The van der Waals surface area contributed by atoms with Gasteiger partial charge in [0, 0.05) is 12.5 Å². The smallest absolute Gasteiger partial charge is 0.221 e. The highest BCUT2D eigenvalue weighted by Gasteiger charge is 2.21. The SMILES string of the molecule is COc1ccc2c(c1)CCC(c1ccccc1)=C2NC(C)=O. The minimum Gasteiger partial charge on any atom is -0.497 e. The van der Waals surface area contributed by atoms with Crippen molar-refractivity contribution >= 4 is 17.2 Å². The molecule has 2 aromatic rings. The van der Waals surface area contributed by atoms with Crippen LogP contribution in [-0.2, 0) is 11.2 Å². The second kappa shape index (κ2) is 6.06. The Morgan fingerprint density at radius 2 is 1.86 bits per heavy atom. The zero-order valence-corrected chi connectivity index (χ0v) is 12.8. The summed E-state index contributed by atoms with van der Waals surface area (Å²) >= 11 is 0. The molecule has 0 aliphatic heterocycles. The molecule has 1 aliphatic rings. The van der Waals surface area contributed by atoms with Gasteiger partial charge in [0.05, 0.1) is 12.8 Å². The Bertz CT molecular complexity index is 732. The van der Waals surface area contributed by atoms with Gasteiger partial charge in [0.2, 0.25) is 5.91 Å². The Morgan fingerprint density at radius 1 is 1.09 bits per heavy atom. The van der Waals surface area contributed by atoms with Crippen LogP contribution in [0.15, 0.2) is 48.5 Å². The molecule has 1 amide bonds. The van der Waals surface area contributed by atoms with E-state index in [4.69, 9.17) is 4.74 Å². The van der Waals surface area contributed by atoms with Crippen molar-refractivity contribution in [3.8, 4) is 5.75 Å². The highest BCUT2D eigenvalue weighted by molar-refractivity contribution is 5.98. The van der Waals surface area contributed by atoms with E-state index in [1.54, 1.807) is 14.0 Å². The standard InChI is InChI=1S/C19H19NO2/c1-13(21)20-19-17(14-6-4-3-5-7-14)10-8-15-12-16(22-2)9-11-18(15)19/h3-7,9,11-12H,8,10H2,1-2H3,(H,20,21). The molecule has 0 spiro atoms. The van der Waals surface area contributed by atoms with Crippen LogP contribution in [0.3, 0.4) is 0 Å². The lowest BCUT2D eigenvalue weighted by molar-refractivity contribution is -0.117. The maximum atomic E-state index is 11.7. The summed E-state index contributed by atoms with van der Waals surface area (Å²) in [6, 6.07) is 16.3. The van der Waals surface area contributed by atoms with Gasteiger partial charge in [-0.25, -0.2) is 0 Å². The monoisotopic (exact) mass is 293 g/mol. The van der Waals surface area contributed by atoms with E-state index in [-0.39, 0.29) is 5.91 Å². The molecule has 0 radical (unpaired) electrons. The molecule has 0 aromatic heterocycles. The molecule has 3 nitrogen and oxygen atoms in total. The average molecular weight is 293 g/mol. The van der Waals surface area contributed by atoms with E-state index in [9.17, 15) is 4.79 Å². The molecule has 2 aromatic carbocycles. The molecule has 0 fully saturated rings. The van der Waals surface area contributed by atoms with E-state index < -0.39 is 0 Å². The number of fused-ring (bicyclic) bond motifs is 1. The minimum absolute atomic E-state index is 0.0490. The maximum Gasteiger partial charge on any atom is 0.221 e. The normalized spacial score (nSPS) is 13.5. The quantitative estimate of drug-likeness (QED) is 0.938. The van der Waals surface area contributed by atoms with Gasteiger partial charge in [-0.15, -0.1) is 0 Å². The van der Waals surface area contributed by atoms with Crippen molar-refractivity contribution in [1.29, 1.82) is 0 Å². The number of benzene rings is 2. The molecule has 112 valence electrons. The van der Waals surface area contributed by atoms with Crippen molar-refractivity contribution in [3.05, 3.63) is 65.2 Å². The van der Waals surface area contributed by atoms with E-state index in [0.29, 0.717) is 0 Å². The van der Waals surface area contributed by atoms with Crippen LogP contribution in [0.25, 0.3) is 11.3 Å². The van der Waals surface area contributed by atoms with E-state index in [1.807, 2.05) is 30.3 Å². The first kappa shape index (κ1) is 14.4. The highest BCUT2D eigenvalue weighted by atomic mass is 16.5. The predicted octanol–water partition coefficient (Wildman–Crippen LogP) is 3.65. The van der Waals surface area contributed by atoms with Crippen LogP contribution in [0.1, 0.15) is 30.0 Å². The average Bonchev–Trinajstić information content (AvgIpc) is 2.55. The number of rotatable bonds is 3. The Kier molecular flexibility index (Phi) is 3.96. The van der Waals surface area contributed by atoms with Crippen molar-refractivity contribution in [3.63, 3.8) is 0 Å². The summed E-state index contributed by atoms with van der Waals surface area (Å²) in [6.07, 6.45) is 1.85. The van der Waals surface area contributed by atoms with Crippen molar-refractivity contribution in [2.24, 2.45) is 0 Å². The topological polar surface area (TPSA) is 38.3 Å². The largest absolute Gasteiger partial charge is 0.497 e. The molecule has 0 bridgehead atoms. The van der Waals surface area contributed by atoms with Crippen LogP contribution in [-0.4, -0.2) is 13.0 Å². The lowest BCUT2D eigenvalue weighted by Crippen LogP contribution is -2.22. The number of hydrogen-bond acceptors (Lipinski definition) is 2. The third kappa shape index (κ3) is 2.75. The summed E-state index contributed by atoms with van der Waals surface area (Å²) in [6.45, 7) is 1.55. The second-order valence-electron chi connectivity index (χ2n) is 5.42. The Balaban J connectivity index is 2.15. The third-order valence-corrected chi connectivity index (χ3v) is 3.95. The molecular formula is C19H19NO2. The number of allylic oxidation sites excluding steroid dienone is 1. The summed E-state index contributed by atoms with van der Waals surface area (Å²) in [7, 11) is 1.67. The van der Waals surface area contributed by atoms with Gasteiger partial charge in [0.25, 0.3) is 0 Å². The molecule has 3 heteroatoms. The van der Waals surface area contributed by atoms with E-state index in [1.165, 1.54) is 11.1 Å². The van der Waals surface area contributed by atoms with Gasteiger partial charge in [-0.3, -0.25) is 4.79 Å². The highest BCUT2D eigenvalue weighted by Crippen LogP contribution is 2.36. The number of nitrogens with one attached hydrogen (secondary N) is 1. The summed E-state index contributed by atoms with van der Waals surface area (Å²) < 4.78 is 5.30. The molecular weight excluding hydrogens is 274 g/mol. The van der Waals surface area contributed by atoms with Crippen molar-refractivity contribution in [2.45, 2.75) is 19.8 Å². The number of amides is 1. The first-order chi connectivity index (χ1) is 10.7. The van der Waals surface area contributed by atoms with Gasteiger partial charge in [-0.2, -0.15) is 0 Å². The van der Waals surface area contributed by atoms with Crippen LogP contribution in [0.5, 0.6) is 5.75 Å². The number of carbonyl (C=O) groups is 1. The molecule has 0 saturated carbocycles. The molecule has 1 N–H and O–H groups in total. The number of carbonyl (C=O) groups excluding carboxylic acids is 1. The summed E-state index contributed by atoms with van der Waals surface area (Å²) in [5, 5.41) is 3.02.